The summed E-state index contributed by atoms with van der Waals surface area (Å²) in [6, 6.07) is 7.50. The van der Waals surface area contributed by atoms with E-state index in [-0.39, 0.29) is 0 Å². The van der Waals surface area contributed by atoms with E-state index < -0.39 is 0 Å². The molecular weight excluding hydrogens is 346 g/mol. The maximum absolute atomic E-state index is 6.01. The molecule has 0 aliphatic rings. The van der Waals surface area contributed by atoms with Gasteiger partial charge in [0.2, 0.25) is 5.89 Å². The van der Waals surface area contributed by atoms with Crippen molar-refractivity contribution in [3.8, 4) is 11.3 Å². The predicted octanol–water partition coefficient (Wildman–Crippen LogP) is 3.96. The second-order valence-electron chi connectivity index (χ2n) is 5.10. The summed E-state index contributed by atoms with van der Waals surface area (Å²) in [6.07, 6.45) is 5.02. The van der Waals surface area contributed by atoms with Crippen LogP contribution in [0.5, 0.6) is 0 Å². The Morgan fingerprint density at radius 2 is 2.12 bits per heavy atom. The zero-order valence-corrected chi connectivity index (χ0v) is 14.3. The van der Waals surface area contributed by atoms with Crippen LogP contribution in [0.4, 0.5) is 0 Å². The predicted molar refractivity (Wildman–Crippen MR) is 92.8 cm³/mol. The monoisotopic (exact) mass is 357 g/mol. The van der Waals surface area contributed by atoms with Gasteiger partial charge in [-0.25, -0.2) is 15.0 Å². The molecule has 3 aromatic heterocycles. The van der Waals surface area contributed by atoms with E-state index in [1.165, 1.54) is 0 Å². The number of oxazole rings is 1. The van der Waals surface area contributed by atoms with Gasteiger partial charge in [0.15, 0.2) is 11.4 Å². The number of aromatic nitrogens is 5. The molecule has 0 N–H and O–H groups in total. The number of benzene rings is 1. The first-order valence-electron chi connectivity index (χ1n) is 7.17. The Bertz CT molecular complexity index is 1010. The molecular formula is C16H12ClN5OS. The summed E-state index contributed by atoms with van der Waals surface area (Å²) in [5.74, 6) is 1.90. The summed E-state index contributed by atoms with van der Waals surface area (Å²) in [6.45, 7) is 0. The van der Waals surface area contributed by atoms with Crippen LogP contribution in [0.3, 0.4) is 0 Å². The summed E-state index contributed by atoms with van der Waals surface area (Å²) in [5.41, 5.74) is 1.71. The lowest BCUT2D eigenvalue weighted by atomic mass is 10.2. The Balaban J connectivity index is 1.54. The van der Waals surface area contributed by atoms with E-state index in [4.69, 9.17) is 16.0 Å². The molecule has 24 heavy (non-hydrogen) atoms. The topological polar surface area (TPSA) is 69.6 Å². The van der Waals surface area contributed by atoms with Crippen LogP contribution in [0.1, 0.15) is 5.89 Å². The van der Waals surface area contributed by atoms with Gasteiger partial charge in [-0.05, 0) is 12.1 Å². The Hall–Kier alpha value is -2.38. The van der Waals surface area contributed by atoms with Crippen LogP contribution in [0, 0.1) is 0 Å². The minimum atomic E-state index is 0.571. The maximum atomic E-state index is 6.01. The molecule has 4 aromatic rings. The van der Waals surface area contributed by atoms with E-state index in [0.29, 0.717) is 22.4 Å². The molecule has 0 atom stereocenters. The number of hydrogen-bond acceptors (Lipinski definition) is 6. The lowest BCUT2D eigenvalue weighted by molar-refractivity contribution is 0.530. The fourth-order valence-corrected chi connectivity index (χ4v) is 3.34. The van der Waals surface area contributed by atoms with Crippen molar-refractivity contribution in [2.75, 3.05) is 0 Å². The third kappa shape index (κ3) is 2.88. The zero-order valence-electron chi connectivity index (χ0n) is 12.7. The van der Waals surface area contributed by atoms with Gasteiger partial charge >= 0.3 is 0 Å². The maximum Gasteiger partial charge on any atom is 0.205 e. The number of rotatable bonds is 4. The molecule has 1 aromatic carbocycles. The molecule has 8 heteroatoms. The van der Waals surface area contributed by atoms with Gasteiger partial charge in [-0.1, -0.05) is 35.5 Å². The van der Waals surface area contributed by atoms with Gasteiger partial charge in [0, 0.05) is 17.6 Å². The van der Waals surface area contributed by atoms with Crippen LogP contribution in [0.2, 0.25) is 5.02 Å². The second-order valence-corrected chi connectivity index (χ2v) is 6.50. The first-order valence-corrected chi connectivity index (χ1v) is 8.53. The molecule has 120 valence electrons. The molecule has 0 aliphatic heterocycles. The summed E-state index contributed by atoms with van der Waals surface area (Å²) in [5, 5.41) is 6.66. The lowest BCUT2D eigenvalue weighted by Gasteiger charge is -2.00. The van der Waals surface area contributed by atoms with Crippen LogP contribution in [-0.2, 0) is 12.8 Å². The largest absolute Gasteiger partial charge is 0.440 e. The van der Waals surface area contributed by atoms with E-state index in [1.807, 2.05) is 31.3 Å². The van der Waals surface area contributed by atoms with Crippen molar-refractivity contribution in [1.82, 2.24) is 24.7 Å². The van der Waals surface area contributed by atoms with Gasteiger partial charge < -0.3 is 4.42 Å². The highest BCUT2D eigenvalue weighted by molar-refractivity contribution is 7.98. The van der Waals surface area contributed by atoms with Crippen LogP contribution < -0.4 is 0 Å². The quantitative estimate of drug-likeness (QED) is 0.406. The van der Waals surface area contributed by atoms with Gasteiger partial charge in [-0.15, -0.1) is 0 Å². The highest BCUT2D eigenvalue weighted by Crippen LogP contribution is 2.29. The Morgan fingerprint density at radius 1 is 1.21 bits per heavy atom. The molecule has 6 nitrogen and oxygen atoms in total. The molecule has 4 rings (SSSR count). The van der Waals surface area contributed by atoms with E-state index in [2.05, 4.69) is 20.1 Å². The smallest absolute Gasteiger partial charge is 0.205 e. The fraction of sp³-hybridized carbons (Fsp3) is 0.125. The van der Waals surface area contributed by atoms with Gasteiger partial charge in [0.25, 0.3) is 0 Å². The number of halogens is 1. The van der Waals surface area contributed by atoms with E-state index in [1.54, 1.807) is 35.2 Å². The number of aryl methyl sites for hydroxylation is 1. The Kier molecular flexibility index (Phi) is 3.95. The van der Waals surface area contributed by atoms with Gasteiger partial charge in [-0.3, -0.25) is 4.68 Å². The van der Waals surface area contributed by atoms with Crippen molar-refractivity contribution in [3.05, 3.63) is 53.9 Å². The average Bonchev–Trinajstić information content (AvgIpc) is 3.21. The second kappa shape index (κ2) is 6.26. The van der Waals surface area contributed by atoms with E-state index in [9.17, 15) is 0 Å². The minimum absolute atomic E-state index is 0.571. The van der Waals surface area contributed by atoms with Crippen molar-refractivity contribution in [2.24, 2.45) is 7.05 Å². The van der Waals surface area contributed by atoms with Crippen molar-refractivity contribution in [1.29, 1.82) is 0 Å². The van der Waals surface area contributed by atoms with Gasteiger partial charge in [-0.2, -0.15) is 5.10 Å². The molecule has 0 amide bonds. The third-order valence-electron chi connectivity index (χ3n) is 3.49. The lowest BCUT2D eigenvalue weighted by Crippen LogP contribution is -1.93. The fourth-order valence-electron chi connectivity index (χ4n) is 2.34. The number of fused-ring (bicyclic) bond motifs is 1. The van der Waals surface area contributed by atoms with E-state index in [0.717, 1.165) is 21.6 Å². The first kappa shape index (κ1) is 15.2. The normalized spacial score (nSPS) is 11.2. The summed E-state index contributed by atoms with van der Waals surface area (Å²) in [7, 11) is 1.86. The van der Waals surface area contributed by atoms with Crippen molar-refractivity contribution < 1.29 is 4.42 Å². The highest BCUT2D eigenvalue weighted by atomic mass is 35.5. The molecule has 3 heterocycles. The average molecular weight is 358 g/mol. The van der Waals surface area contributed by atoms with Crippen molar-refractivity contribution >= 4 is 34.4 Å². The third-order valence-corrected chi connectivity index (χ3v) is 4.71. The van der Waals surface area contributed by atoms with Crippen molar-refractivity contribution in [3.63, 3.8) is 0 Å². The number of thioether (sulfide) groups is 1. The number of nitrogens with zero attached hydrogens (tertiary/aromatic N) is 5. The number of hydrogen-bond donors (Lipinski definition) is 0. The van der Waals surface area contributed by atoms with Crippen LogP contribution in [-0.4, -0.2) is 24.7 Å². The highest BCUT2D eigenvalue weighted by Gasteiger charge is 2.11. The summed E-state index contributed by atoms with van der Waals surface area (Å²) in [4.78, 5) is 12.9. The van der Waals surface area contributed by atoms with Crippen LogP contribution >= 0.6 is 23.4 Å². The Morgan fingerprint density at radius 3 is 3.00 bits per heavy atom. The SMILES string of the molecule is Cn1ncc2c(SCc3ncc(-c4cccc(Cl)c4)o3)ncnc21. The molecule has 0 saturated heterocycles. The van der Waals surface area contributed by atoms with E-state index >= 15 is 0 Å². The minimum Gasteiger partial charge on any atom is -0.440 e. The standard InChI is InChI=1S/C16H12ClN5OS/c1-22-15-12(6-21-22)16(20-9-19-15)24-8-14-18-7-13(23-14)10-3-2-4-11(17)5-10/h2-7,9H,8H2,1H3. The summed E-state index contributed by atoms with van der Waals surface area (Å²) < 4.78 is 7.53. The molecule has 0 fully saturated rings. The molecule has 0 spiro atoms. The van der Waals surface area contributed by atoms with Gasteiger partial charge in [0.05, 0.1) is 23.5 Å². The van der Waals surface area contributed by atoms with Crippen molar-refractivity contribution in [2.45, 2.75) is 10.8 Å². The molecule has 0 saturated carbocycles. The molecule has 0 radical (unpaired) electrons. The molecule has 0 unspecified atom stereocenters. The van der Waals surface area contributed by atoms with Gasteiger partial charge in [0.1, 0.15) is 11.4 Å². The first-order chi connectivity index (χ1) is 11.7. The van der Waals surface area contributed by atoms with Crippen LogP contribution in [0.15, 0.2) is 52.4 Å². The molecule has 0 aliphatic carbocycles. The molecule has 0 bridgehead atoms. The van der Waals surface area contributed by atoms with Crippen LogP contribution in [0.25, 0.3) is 22.4 Å². The Labute approximate surface area is 146 Å². The zero-order chi connectivity index (χ0) is 16.5. The summed E-state index contributed by atoms with van der Waals surface area (Å²) >= 11 is 7.55.